The van der Waals surface area contributed by atoms with Crippen LogP contribution in [-0.2, 0) is 10.2 Å². The van der Waals surface area contributed by atoms with E-state index in [1.54, 1.807) is 0 Å². The quantitative estimate of drug-likeness (QED) is 0.351. The highest BCUT2D eigenvalue weighted by Crippen LogP contribution is 2.44. The molecule has 1 aromatic carbocycles. The molecule has 2 aromatic heterocycles. The van der Waals surface area contributed by atoms with Gasteiger partial charge in [0.1, 0.15) is 0 Å². The summed E-state index contributed by atoms with van der Waals surface area (Å²) in [6.45, 7) is 17.0. The van der Waals surface area contributed by atoms with Crippen molar-refractivity contribution in [3.63, 3.8) is 0 Å². The van der Waals surface area contributed by atoms with Crippen molar-refractivity contribution in [2.45, 2.75) is 26.2 Å². The molecule has 1 saturated heterocycles. The lowest BCUT2D eigenvalue weighted by atomic mass is 9.93. The molecule has 3 heterocycles. The molecule has 30 heavy (non-hydrogen) atoms. The number of morpholine rings is 1. The fraction of sp³-hybridized carbons (Fsp3) is 0.381. The topological polar surface area (TPSA) is 67.3 Å². The van der Waals surface area contributed by atoms with Gasteiger partial charge in [0.2, 0.25) is 0 Å². The van der Waals surface area contributed by atoms with Crippen molar-refractivity contribution in [2.75, 3.05) is 31.2 Å². The van der Waals surface area contributed by atoms with Crippen molar-refractivity contribution in [1.82, 2.24) is 9.36 Å². The number of nitrogens with zero attached hydrogens (tertiary/aromatic N) is 6. The summed E-state index contributed by atoms with van der Waals surface area (Å²) in [5, 5.41) is 11.2. The molecule has 3 aromatic rings. The van der Waals surface area contributed by atoms with E-state index < -0.39 is 0 Å². The second kappa shape index (κ2) is 8.60. The Bertz CT molecular complexity index is 1090. The van der Waals surface area contributed by atoms with Crippen molar-refractivity contribution < 1.29 is 4.74 Å². The second-order valence-corrected chi connectivity index (χ2v) is 9.57. The number of rotatable bonds is 4. The van der Waals surface area contributed by atoms with Gasteiger partial charge in [-0.05, 0) is 17.1 Å². The molecule has 0 bridgehead atoms. The molecule has 0 amide bonds. The molecular formula is C21H22N6OS2. The zero-order chi connectivity index (χ0) is 21.1. The number of thiazole rings is 1. The Morgan fingerprint density at radius 3 is 2.47 bits per heavy atom. The van der Waals surface area contributed by atoms with Gasteiger partial charge >= 0.3 is 0 Å². The van der Waals surface area contributed by atoms with Crippen LogP contribution in [0.5, 0.6) is 0 Å². The fourth-order valence-corrected chi connectivity index (χ4v) is 4.89. The van der Waals surface area contributed by atoms with Crippen LogP contribution in [0, 0.1) is 6.57 Å². The third-order valence-corrected chi connectivity index (χ3v) is 6.35. The van der Waals surface area contributed by atoms with Crippen LogP contribution in [0.15, 0.2) is 40.6 Å². The van der Waals surface area contributed by atoms with E-state index in [0.29, 0.717) is 29.6 Å². The molecule has 4 rings (SSSR count). The highest BCUT2D eigenvalue weighted by atomic mass is 32.1. The van der Waals surface area contributed by atoms with E-state index in [1.807, 2.05) is 30.3 Å². The molecule has 154 valence electrons. The number of azo groups is 1. The largest absolute Gasteiger partial charge is 0.378 e. The summed E-state index contributed by atoms with van der Waals surface area (Å²) >= 11 is 2.73. The van der Waals surface area contributed by atoms with Crippen LogP contribution in [0.1, 0.15) is 26.5 Å². The van der Waals surface area contributed by atoms with Crippen molar-refractivity contribution >= 4 is 43.7 Å². The monoisotopic (exact) mass is 438 g/mol. The lowest BCUT2D eigenvalue weighted by Gasteiger charge is -2.26. The predicted molar refractivity (Wildman–Crippen MR) is 122 cm³/mol. The third kappa shape index (κ3) is 4.26. The summed E-state index contributed by atoms with van der Waals surface area (Å²) in [5.74, 6) is 0. The Kier molecular flexibility index (Phi) is 5.90. The molecule has 7 nitrogen and oxygen atoms in total. The van der Waals surface area contributed by atoms with Gasteiger partial charge in [-0.1, -0.05) is 62.4 Å². The van der Waals surface area contributed by atoms with Crippen LogP contribution in [-0.4, -0.2) is 35.7 Å². The van der Waals surface area contributed by atoms with Gasteiger partial charge in [-0.15, -0.1) is 10.2 Å². The van der Waals surface area contributed by atoms with E-state index >= 15 is 0 Å². The summed E-state index contributed by atoms with van der Waals surface area (Å²) in [6, 6.07) is 9.70. The van der Waals surface area contributed by atoms with E-state index in [-0.39, 0.29) is 5.41 Å². The number of hydrogen-bond donors (Lipinski definition) is 0. The van der Waals surface area contributed by atoms with Gasteiger partial charge in [0.05, 0.1) is 31.2 Å². The first-order valence-electron chi connectivity index (χ1n) is 9.65. The van der Waals surface area contributed by atoms with Crippen molar-refractivity contribution in [2.24, 2.45) is 10.2 Å². The number of benzene rings is 1. The minimum Gasteiger partial charge on any atom is -0.378 e. The van der Waals surface area contributed by atoms with Gasteiger partial charge in [0.15, 0.2) is 15.1 Å². The lowest BCUT2D eigenvalue weighted by Crippen LogP contribution is -2.36. The van der Waals surface area contributed by atoms with E-state index in [1.165, 1.54) is 22.9 Å². The Labute approximate surface area is 184 Å². The number of aromatic nitrogens is 2. The molecule has 1 aliphatic heterocycles. The number of hydrogen-bond acceptors (Lipinski definition) is 8. The van der Waals surface area contributed by atoms with E-state index in [0.717, 1.165) is 34.5 Å². The van der Waals surface area contributed by atoms with Crippen LogP contribution >= 0.6 is 22.9 Å². The van der Waals surface area contributed by atoms with Crippen LogP contribution in [0.2, 0.25) is 0 Å². The highest BCUT2D eigenvalue weighted by molar-refractivity contribution is 7.19. The molecule has 9 heteroatoms. The average molecular weight is 439 g/mol. The Morgan fingerprint density at radius 2 is 1.80 bits per heavy atom. The molecule has 1 fully saturated rings. The maximum atomic E-state index is 7.62. The zero-order valence-electron chi connectivity index (χ0n) is 17.1. The van der Waals surface area contributed by atoms with Crippen molar-refractivity contribution in [1.29, 1.82) is 0 Å². The molecular weight excluding hydrogens is 416 g/mol. The van der Waals surface area contributed by atoms with Crippen LogP contribution in [0.25, 0.3) is 16.1 Å². The number of anilines is 1. The van der Waals surface area contributed by atoms with Gasteiger partial charge in [-0.2, -0.15) is 0 Å². The fourth-order valence-electron chi connectivity index (χ4n) is 3.07. The van der Waals surface area contributed by atoms with Crippen LogP contribution in [0.4, 0.5) is 20.8 Å². The summed E-state index contributed by atoms with van der Waals surface area (Å²) in [6.07, 6.45) is 0. The maximum Gasteiger partial charge on any atom is 0.252 e. The summed E-state index contributed by atoms with van der Waals surface area (Å²) in [7, 11) is 0. The smallest absolute Gasteiger partial charge is 0.252 e. The standard InChI is InChI=1S/C21H22N6OS2/c1-21(2,3)17-19(29-20(23-17)27-10-12-28-13-11-27)25-24-18-16(22-4)15(26-30-18)14-8-6-5-7-9-14/h5-9H,10-13H2,1-3H3. The Hall–Kier alpha value is -2.67. The van der Waals surface area contributed by atoms with Crippen LogP contribution < -0.4 is 4.90 Å². The molecule has 1 aliphatic rings. The molecule has 0 spiro atoms. The minimum atomic E-state index is -0.166. The zero-order valence-corrected chi connectivity index (χ0v) is 18.8. The van der Waals surface area contributed by atoms with Gasteiger partial charge < -0.3 is 9.64 Å². The molecule has 0 aliphatic carbocycles. The van der Waals surface area contributed by atoms with Crippen molar-refractivity contribution in [3.8, 4) is 11.3 Å². The third-order valence-electron chi connectivity index (χ3n) is 4.63. The molecule has 0 N–H and O–H groups in total. The second-order valence-electron chi connectivity index (χ2n) is 7.86. The van der Waals surface area contributed by atoms with E-state index in [9.17, 15) is 0 Å². The molecule has 0 atom stereocenters. The Morgan fingerprint density at radius 1 is 1.10 bits per heavy atom. The first kappa shape index (κ1) is 20.6. The van der Waals surface area contributed by atoms with Gasteiger partial charge in [0, 0.05) is 18.5 Å². The average Bonchev–Trinajstić information content (AvgIpc) is 3.37. The van der Waals surface area contributed by atoms with Crippen molar-refractivity contribution in [3.05, 3.63) is 47.4 Å². The lowest BCUT2D eigenvalue weighted by molar-refractivity contribution is 0.122. The molecule has 0 unspecified atom stereocenters. The summed E-state index contributed by atoms with van der Waals surface area (Å²) in [4.78, 5) is 10.8. The van der Waals surface area contributed by atoms with Gasteiger partial charge in [-0.3, -0.25) is 0 Å². The minimum absolute atomic E-state index is 0.166. The number of ether oxygens (including phenoxy) is 1. The van der Waals surface area contributed by atoms with E-state index in [4.69, 9.17) is 16.3 Å². The normalized spacial score (nSPS) is 14.9. The predicted octanol–water partition coefficient (Wildman–Crippen LogP) is 6.37. The first-order valence-corrected chi connectivity index (χ1v) is 11.2. The highest BCUT2D eigenvalue weighted by Gasteiger charge is 2.26. The van der Waals surface area contributed by atoms with Crippen LogP contribution in [0.3, 0.4) is 0 Å². The first-order chi connectivity index (χ1) is 14.5. The summed E-state index contributed by atoms with van der Waals surface area (Å²) < 4.78 is 9.91. The van der Waals surface area contributed by atoms with E-state index in [2.05, 4.69) is 45.1 Å². The molecule has 0 radical (unpaired) electrons. The van der Waals surface area contributed by atoms with Gasteiger partial charge in [0.25, 0.3) is 5.69 Å². The summed E-state index contributed by atoms with van der Waals surface area (Å²) in [5.41, 5.74) is 2.74. The molecule has 0 saturated carbocycles. The maximum absolute atomic E-state index is 7.62. The SMILES string of the molecule is [C-]#[N+]c1c(-c2ccccc2)nsc1N=Nc1sc(N2CCOCC2)nc1C(C)(C)C. The van der Waals surface area contributed by atoms with Gasteiger partial charge in [-0.25, -0.2) is 14.2 Å². The Balaban J connectivity index is 1.68.